The summed E-state index contributed by atoms with van der Waals surface area (Å²) < 4.78 is 6.80. The first-order valence-corrected chi connectivity index (χ1v) is 11.2. The lowest BCUT2D eigenvalue weighted by atomic mass is 10.0. The highest BCUT2D eigenvalue weighted by atomic mass is 32.1. The Morgan fingerprint density at radius 2 is 2.03 bits per heavy atom. The van der Waals surface area contributed by atoms with Crippen molar-refractivity contribution < 1.29 is 9.53 Å². The van der Waals surface area contributed by atoms with Crippen molar-refractivity contribution in [1.29, 1.82) is 0 Å². The Balaban J connectivity index is 1.31. The van der Waals surface area contributed by atoms with Crippen molar-refractivity contribution in [2.75, 3.05) is 18.1 Å². The van der Waals surface area contributed by atoms with Gasteiger partial charge in [-0.15, -0.1) is 0 Å². The second kappa shape index (κ2) is 8.06. The molecule has 1 aromatic carbocycles. The number of carbonyl (C=O) groups is 1. The van der Waals surface area contributed by atoms with Gasteiger partial charge in [-0.05, 0) is 43.6 Å². The zero-order valence-corrected chi connectivity index (χ0v) is 17.1. The van der Waals surface area contributed by atoms with Crippen LogP contribution in [0.25, 0.3) is 10.3 Å². The molecule has 0 bridgehead atoms. The van der Waals surface area contributed by atoms with E-state index in [-0.39, 0.29) is 6.04 Å². The summed E-state index contributed by atoms with van der Waals surface area (Å²) in [6.45, 7) is 1.57. The maximum Gasteiger partial charge on any atom is 0.236 e. The predicted molar refractivity (Wildman–Crippen MR) is 114 cm³/mol. The van der Waals surface area contributed by atoms with Crippen LogP contribution in [0.1, 0.15) is 37.7 Å². The number of hydrogen-bond donors (Lipinski definition) is 0. The van der Waals surface area contributed by atoms with E-state index in [0.717, 1.165) is 35.6 Å². The van der Waals surface area contributed by atoms with Gasteiger partial charge < -0.3 is 9.64 Å². The third-order valence-corrected chi connectivity index (χ3v) is 6.74. The third-order valence-electron chi connectivity index (χ3n) is 5.67. The molecule has 150 valence electrons. The van der Waals surface area contributed by atoms with Gasteiger partial charge in [0.25, 0.3) is 0 Å². The number of carbonyl (C=O) groups excluding carboxylic acids is 1. The summed E-state index contributed by atoms with van der Waals surface area (Å²) in [4.78, 5) is 28.5. The molecule has 2 aromatic heterocycles. The molecule has 6 nitrogen and oxygen atoms in total. The van der Waals surface area contributed by atoms with Crippen LogP contribution in [0.15, 0.2) is 36.7 Å². The first-order valence-electron chi connectivity index (χ1n) is 10.4. The van der Waals surface area contributed by atoms with E-state index in [0.29, 0.717) is 36.3 Å². The molecule has 1 aliphatic carbocycles. The maximum absolute atomic E-state index is 13.0. The number of aryl methyl sites for hydroxylation is 1. The third kappa shape index (κ3) is 4.10. The lowest BCUT2D eigenvalue weighted by molar-refractivity contribution is -0.120. The van der Waals surface area contributed by atoms with Crippen LogP contribution in [-0.2, 0) is 11.2 Å². The number of anilines is 1. The molecule has 0 spiro atoms. The van der Waals surface area contributed by atoms with Gasteiger partial charge in [0.15, 0.2) is 16.6 Å². The average Bonchev–Trinajstić information content (AvgIpc) is 3.26. The summed E-state index contributed by atoms with van der Waals surface area (Å²) in [6.07, 6.45) is 7.24. The number of thiazole rings is 1. The molecule has 1 atom stereocenters. The van der Waals surface area contributed by atoms with Gasteiger partial charge in [0, 0.05) is 13.0 Å². The number of hydrogen-bond acceptors (Lipinski definition) is 7. The van der Waals surface area contributed by atoms with Crippen molar-refractivity contribution in [2.24, 2.45) is 5.92 Å². The summed E-state index contributed by atoms with van der Waals surface area (Å²) in [5, 5.41) is 0.854. The first-order chi connectivity index (χ1) is 14.3. The average molecular weight is 409 g/mol. The highest BCUT2D eigenvalue weighted by Crippen LogP contribution is 2.37. The molecule has 1 saturated heterocycles. The quantitative estimate of drug-likeness (QED) is 0.560. The monoisotopic (exact) mass is 408 g/mol. The molecule has 29 heavy (non-hydrogen) atoms. The van der Waals surface area contributed by atoms with Crippen LogP contribution in [0, 0.1) is 5.92 Å². The number of benzene rings is 1. The number of rotatable bonds is 8. The second-order valence-electron chi connectivity index (χ2n) is 7.89. The number of Topliss-reactive ketones (excluding diaryl/α,β-unsaturated/α-hetero) is 1. The van der Waals surface area contributed by atoms with E-state index < -0.39 is 0 Å². The van der Waals surface area contributed by atoms with Crippen LogP contribution in [0.4, 0.5) is 5.13 Å². The van der Waals surface area contributed by atoms with E-state index >= 15 is 0 Å². The van der Waals surface area contributed by atoms with Gasteiger partial charge in [-0.25, -0.2) is 9.97 Å². The number of ether oxygens (including phenoxy) is 1. The minimum Gasteiger partial charge on any atom is -0.476 e. The van der Waals surface area contributed by atoms with Gasteiger partial charge in [-0.3, -0.25) is 4.79 Å². The van der Waals surface area contributed by atoms with E-state index in [1.165, 1.54) is 24.7 Å². The van der Waals surface area contributed by atoms with Gasteiger partial charge >= 0.3 is 0 Å². The molecule has 0 amide bonds. The van der Waals surface area contributed by atoms with Crippen LogP contribution in [0.5, 0.6) is 5.88 Å². The summed E-state index contributed by atoms with van der Waals surface area (Å²) in [5.41, 5.74) is 1.87. The highest BCUT2D eigenvalue weighted by Gasteiger charge is 2.33. The predicted octanol–water partition coefficient (Wildman–Crippen LogP) is 4.05. The van der Waals surface area contributed by atoms with E-state index in [4.69, 9.17) is 9.72 Å². The standard InChI is InChI=1S/C22H24N4O2S/c27-18(11-10-15-5-2-1-3-6-15)17-7-4-12-26(17)22-25-20-19(29-22)21(24-14-23-20)28-13-16-8-9-16/h1-3,5-6,14,16-17H,4,7-13H2/t17-/m1/s1. The van der Waals surface area contributed by atoms with Crippen LogP contribution < -0.4 is 9.64 Å². The SMILES string of the molecule is O=C(CCc1ccccc1)[C@H]1CCCN1c1nc2ncnc(OCC3CC3)c2s1. The van der Waals surface area contributed by atoms with Gasteiger partial charge in [-0.2, -0.15) is 4.98 Å². The van der Waals surface area contributed by atoms with E-state index in [1.54, 1.807) is 11.3 Å². The summed E-state index contributed by atoms with van der Waals surface area (Å²) >= 11 is 1.54. The number of ketones is 1. The van der Waals surface area contributed by atoms with Crippen LogP contribution in [0.3, 0.4) is 0 Å². The fourth-order valence-corrected chi connectivity index (χ4v) is 4.88. The molecular formula is C22H24N4O2S. The lowest BCUT2D eigenvalue weighted by Crippen LogP contribution is -2.36. The fourth-order valence-electron chi connectivity index (χ4n) is 3.84. The molecule has 3 heterocycles. The summed E-state index contributed by atoms with van der Waals surface area (Å²) in [7, 11) is 0. The Labute approximate surface area is 174 Å². The maximum atomic E-state index is 13.0. The van der Waals surface area contributed by atoms with Crippen molar-refractivity contribution >= 4 is 32.6 Å². The molecule has 0 radical (unpaired) electrons. The lowest BCUT2D eigenvalue weighted by Gasteiger charge is -2.22. The molecule has 0 unspecified atom stereocenters. The Morgan fingerprint density at radius 1 is 1.17 bits per heavy atom. The molecule has 1 aliphatic heterocycles. The van der Waals surface area contributed by atoms with Crippen molar-refractivity contribution in [3.8, 4) is 5.88 Å². The van der Waals surface area contributed by atoms with Gasteiger partial charge in [0.1, 0.15) is 11.0 Å². The Kier molecular flexibility index (Phi) is 5.14. The minimum atomic E-state index is -0.0944. The Hall–Kier alpha value is -2.54. The van der Waals surface area contributed by atoms with Crippen molar-refractivity contribution in [2.45, 2.75) is 44.6 Å². The van der Waals surface area contributed by atoms with Gasteiger partial charge in [0.05, 0.1) is 12.6 Å². The van der Waals surface area contributed by atoms with Crippen molar-refractivity contribution in [1.82, 2.24) is 15.0 Å². The van der Waals surface area contributed by atoms with Gasteiger partial charge in [-0.1, -0.05) is 41.7 Å². The smallest absolute Gasteiger partial charge is 0.236 e. The van der Waals surface area contributed by atoms with E-state index in [1.807, 2.05) is 18.2 Å². The van der Waals surface area contributed by atoms with E-state index in [2.05, 4.69) is 27.0 Å². The van der Waals surface area contributed by atoms with Crippen molar-refractivity contribution in [3.63, 3.8) is 0 Å². The zero-order valence-electron chi connectivity index (χ0n) is 16.3. The minimum absolute atomic E-state index is 0.0944. The number of nitrogens with zero attached hydrogens (tertiary/aromatic N) is 4. The molecule has 0 N–H and O–H groups in total. The largest absolute Gasteiger partial charge is 0.476 e. The zero-order chi connectivity index (χ0) is 19.6. The highest BCUT2D eigenvalue weighted by molar-refractivity contribution is 7.22. The number of fused-ring (bicyclic) bond motifs is 1. The normalized spacial score (nSPS) is 19.0. The van der Waals surface area contributed by atoms with Crippen molar-refractivity contribution in [3.05, 3.63) is 42.2 Å². The fraction of sp³-hybridized carbons (Fsp3) is 0.455. The van der Waals surface area contributed by atoms with Gasteiger partial charge in [0.2, 0.25) is 5.88 Å². The Bertz CT molecular complexity index is 1000. The van der Waals surface area contributed by atoms with Crippen LogP contribution in [0.2, 0.25) is 0 Å². The molecule has 7 heteroatoms. The molecular weight excluding hydrogens is 384 g/mol. The molecule has 2 aliphatic rings. The topological polar surface area (TPSA) is 68.2 Å². The van der Waals surface area contributed by atoms with E-state index in [9.17, 15) is 4.79 Å². The van der Waals surface area contributed by atoms with Crippen LogP contribution >= 0.6 is 11.3 Å². The Morgan fingerprint density at radius 3 is 2.86 bits per heavy atom. The molecule has 3 aromatic rings. The molecule has 2 fully saturated rings. The summed E-state index contributed by atoms with van der Waals surface area (Å²) in [6, 6.07) is 10.1. The molecule has 5 rings (SSSR count). The van der Waals surface area contributed by atoms with Crippen LogP contribution in [-0.4, -0.2) is 39.9 Å². The number of aromatic nitrogens is 3. The summed E-state index contributed by atoms with van der Waals surface area (Å²) in [5.74, 6) is 1.58. The second-order valence-corrected chi connectivity index (χ2v) is 8.86. The first kappa shape index (κ1) is 18.5. The molecule has 1 saturated carbocycles.